The van der Waals surface area contributed by atoms with E-state index in [0.717, 1.165) is 11.3 Å². The Hall–Kier alpha value is -2.07. The molecule has 0 aliphatic rings. The Kier molecular flexibility index (Phi) is 5.03. The number of amides is 1. The molecule has 0 aliphatic carbocycles. The maximum atomic E-state index is 12.2. The first-order valence-electron chi connectivity index (χ1n) is 7.09. The Balaban J connectivity index is 2.00. The predicted molar refractivity (Wildman–Crippen MR) is 90.2 cm³/mol. The van der Waals surface area contributed by atoms with Crippen LogP contribution in [0.15, 0.2) is 42.7 Å². The number of anilines is 1. The van der Waals surface area contributed by atoms with Crippen LogP contribution >= 0.6 is 11.6 Å². The van der Waals surface area contributed by atoms with Gasteiger partial charge < -0.3 is 10.6 Å². The van der Waals surface area contributed by atoms with Gasteiger partial charge in [-0.25, -0.2) is 0 Å². The number of aromatic nitrogens is 1. The van der Waals surface area contributed by atoms with Crippen molar-refractivity contribution in [3.8, 4) is 0 Å². The fourth-order valence-corrected chi connectivity index (χ4v) is 2.08. The van der Waals surface area contributed by atoms with Crippen LogP contribution in [-0.2, 0) is 6.54 Å². The van der Waals surface area contributed by atoms with Crippen LogP contribution in [0.1, 0.15) is 36.7 Å². The van der Waals surface area contributed by atoms with E-state index in [1.807, 2.05) is 12.1 Å². The molecule has 0 saturated heterocycles. The van der Waals surface area contributed by atoms with Crippen molar-refractivity contribution in [1.29, 1.82) is 0 Å². The normalized spacial score (nSPS) is 11.1. The van der Waals surface area contributed by atoms with Gasteiger partial charge in [-0.05, 0) is 44.5 Å². The Labute approximate surface area is 135 Å². The second kappa shape index (κ2) is 6.79. The standard InChI is InChI=1S/C17H20ClN3O/c1-17(2,3)21-15-8-13(10-19-11-15)16(22)20-9-12-4-6-14(18)7-5-12/h4-8,10-11,21H,9H2,1-3H3,(H,20,22). The van der Waals surface area contributed by atoms with E-state index in [2.05, 4.69) is 36.4 Å². The number of hydrogen-bond acceptors (Lipinski definition) is 3. The van der Waals surface area contributed by atoms with Gasteiger partial charge in [0.05, 0.1) is 11.3 Å². The van der Waals surface area contributed by atoms with E-state index in [4.69, 9.17) is 11.6 Å². The molecular weight excluding hydrogens is 298 g/mol. The molecule has 1 heterocycles. The molecule has 1 aromatic heterocycles. The highest BCUT2D eigenvalue weighted by Gasteiger charge is 2.12. The Morgan fingerprint density at radius 3 is 2.50 bits per heavy atom. The van der Waals surface area contributed by atoms with Gasteiger partial charge in [-0.2, -0.15) is 0 Å². The first kappa shape index (κ1) is 16.3. The van der Waals surface area contributed by atoms with Crippen molar-refractivity contribution in [3.05, 3.63) is 58.9 Å². The monoisotopic (exact) mass is 317 g/mol. The number of hydrogen-bond donors (Lipinski definition) is 2. The molecule has 22 heavy (non-hydrogen) atoms. The number of nitrogens with zero attached hydrogens (tertiary/aromatic N) is 1. The van der Waals surface area contributed by atoms with Crippen molar-refractivity contribution in [2.45, 2.75) is 32.9 Å². The Morgan fingerprint density at radius 1 is 1.18 bits per heavy atom. The predicted octanol–water partition coefficient (Wildman–Crippen LogP) is 3.88. The number of carbonyl (C=O) groups excluding carboxylic acids is 1. The van der Waals surface area contributed by atoms with E-state index in [9.17, 15) is 4.79 Å². The van der Waals surface area contributed by atoms with Crippen LogP contribution in [-0.4, -0.2) is 16.4 Å². The molecule has 1 amide bonds. The van der Waals surface area contributed by atoms with E-state index in [1.165, 1.54) is 0 Å². The molecule has 0 bridgehead atoms. The second-order valence-electron chi connectivity index (χ2n) is 6.15. The zero-order valence-electron chi connectivity index (χ0n) is 13.0. The van der Waals surface area contributed by atoms with Gasteiger partial charge >= 0.3 is 0 Å². The van der Waals surface area contributed by atoms with Gasteiger partial charge in [0.15, 0.2) is 0 Å². The van der Waals surface area contributed by atoms with Gasteiger partial charge in [-0.15, -0.1) is 0 Å². The van der Waals surface area contributed by atoms with Crippen LogP contribution in [0.25, 0.3) is 0 Å². The molecular formula is C17H20ClN3O. The van der Waals surface area contributed by atoms with Crippen molar-refractivity contribution < 1.29 is 4.79 Å². The summed E-state index contributed by atoms with van der Waals surface area (Å²) in [7, 11) is 0. The molecule has 0 saturated carbocycles. The second-order valence-corrected chi connectivity index (χ2v) is 6.58. The molecule has 0 atom stereocenters. The lowest BCUT2D eigenvalue weighted by molar-refractivity contribution is 0.0950. The molecule has 2 aromatic rings. The third-order valence-corrected chi connectivity index (χ3v) is 3.14. The minimum Gasteiger partial charge on any atom is -0.379 e. The highest BCUT2D eigenvalue weighted by atomic mass is 35.5. The molecule has 0 unspecified atom stereocenters. The molecule has 4 nitrogen and oxygen atoms in total. The van der Waals surface area contributed by atoms with Gasteiger partial charge in [-0.1, -0.05) is 23.7 Å². The molecule has 0 aliphatic heterocycles. The fraction of sp³-hybridized carbons (Fsp3) is 0.294. The van der Waals surface area contributed by atoms with Crippen LogP contribution in [0.4, 0.5) is 5.69 Å². The van der Waals surface area contributed by atoms with E-state index in [1.54, 1.807) is 30.6 Å². The summed E-state index contributed by atoms with van der Waals surface area (Å²) in [4.78, 5) is 16.3. The van der Waals surface area contributed by atoms with Gasteiger partial charge in [0.1, 0.15) is 0 Å². The lowest BCUT2D eigenvalue weighted by Crippen LogP contribution is -2.27. The van der Waals surface area contributed by atoms with Crippen LogP contribution < -0.4 is 10.6 Å². The minimum absolute atomic E-state index is 0.0832. The number of benzene rings is 1. The summed E-state index contributed by atoms with van der Waals surface area (Å²) >= 11 is 5.84. The first-order chi connectivity index (χ1) is 10.3. The zero-order chi connectivity index (χ0) is 16.2. The molecule has 5 heteroatoms. The minimum atomic E-state index is -0.153. The summed E-state index contributed by atoms with van der Waals surface area (Å²) in [5, 5.41) is 6.85. The van der Waals surface area contributed by atoms with Gasteiger partial charge in [0.25, 0.3) is 5.91 Å². The van der Waals surface area contributed by atoms with Gasteiger partial charge in [-0.3, -0.25) is 9.78 Å². The number of pyridine rings is 1. The topological polar surface area (TPSA) is 54.0 Å². The van der Waals surface area contributed by atoms with Crippen molar-refractivity contribution in [1.82, 2.24) is 10.3 Å². The van der Waals surface area contributed by atoms with Crippen molar-refractivity contribution in [2.75, 3.05) is 5.32 Å². The average Bonchev–Trinajstić information content (AvgIpc) is 2.45. The first-order valence-corrected chi connectivity index (χ1v) is 7.47. The van der Waals surface area contributed by atoms with E-state index in [-0.39, 0.29) is 11.4 Å². The summed E-state index contributed by atoms with van der Waals surface area (Å²) in [5.74, 6) is -0.153. The van der Waals surface area contributed by atoms with Crippen molar-refractivity contribution in [3.63, 3.8) is 0 Å². The largest absolute Gasteiger partial charge is 0.379 e. The quantitative estimate of drug-likeness (QED) is 0.900. The lowest BCUT2D eigenvalue weighted by Gasteiger charge is -2.22. The lowest BCUT2D eigenvalue weighted by atomic mass is 10.1. The number of halogens is 1. The summed E-state index contributed by atoms with van der Waals surface area (Å²) in [6.45, 7) is 6.62. The SMILES string of the molecule is CC(C)(C)Nc1cncc(C(=O)NCc2ccc(Cl)cc2)c1. The van der Waals surface area contributed by atoms with E-state index < -0.39 is 0 Å². The van der Waals surface area contributed by atoms with Crippen LogP contribution in [0.3, 0.4) is 0 Å². The van der Waals surface area contributed by atoms with Crippen LogP contribution in [0.5, 0.6) is 0 Å². The zero-order valence-corrected chi connectivity index (χ0v) is 13.7. The maximum absolute atomic E-state index is 12.2. The van der Waals surface area contributed by atoms with E-state index in [0.29, 0.717) is 17.1 Å². The highest BCUT2D eigenvalue weighted by Crippen LogP contribution is 2.15. The number of nitrogens with one attached hydrogen (secondary N) is 2. The molecule has 0 spiro atoms. The number of carbonyl (C=O) groups is 1. The van der Waals surface area contributed by atoms with Crippen LogP contribution in [0, 0.1) is 0 Å². The third kappa shape index (κ3) is 5.04. The van der Waals surface area contributed by atoms with Crippen molar-refractivity contribution >= 4 is 23.2 Å². The molecule has 2 N–H and O–H groups in total. The van der Waals surface area contributed by atoms with Crippen molar-refractivity contribution in [2.24, 2.45) is 0 Å². The van der Waals surface area contributed by atoms with Gasteiger partial charge in [0, 0.05) is 29.5 Å². The summed E-state index contributed by atoms with van der Waals surface area (Å²) < 4.78 is 0. The maximum Gasteiger partial charge on any atom is 0.253 e. The summed E-state index contributed by atoms with van der Waals surface area (Å²) in [6, 6.07) is 9.18. The summed E-state index contributed by atoms with van der Waals surface area (Å²) in [6.07, 6.45) is 3.27. The third-order valence-electron chi connectivity index (χ3n) is 2.89. The Morgan fingerprint density at radius 2 is 1.86 bits per heavy atom. The smallest absolute Gasteiger partial charge is 0.253 e. The summed E-state index contributed by atoms with van der Waals surface area (Å²) in [5.41, 5.74) is 2.27. The fourth-order valence-electron chi connectivity index (χ4n) is 1.95. The molecule has 0 fully saturated rings. The van der Waals surface area contributed by atoms with E-state index >= 15 is 0 Å². The van der Waals surface area contributed by atoms with Gasteiger partial charge in [0.2, 0.25) is 0 Å². The van der Waals surface area contributed by atoms with Crippen LogP contribution in [0.2, 0.25) is 5.02 Å². The number of rotatable bonds is 4. The molecule has 116 valence electrons. The molecule has 0 radical (unpaired) electrons. The molecule has 2 rings (SSSR count). The Bertz CT molecular complexity index is 648. The molecule has 1 aromatic carbocycles. The highest BCUT2D eigenvalue weighted by molar-refractivity contribution is 6.30. The average molecular weight is 318 g/mol.